The molecule has 1 saturated heterocycles. The molecule has 2 atom stereocenters. The molecule has 1 aliphatic rings. The molecule has 0 aliphatic carbocycles. The van der Waals surface area contributed by atoms with Gasteiger partial charge in [-0.15, -0.1) is 24.0 Å². The maximum Gasteiger partial charge on any atom is 0.191 e. The van der Waals surface area contributed by atoms with Gasteiger partial charge in [0.2, 0.25) is 0 Å². The van der Waals surface area contributed by atoms with Gasteiger partial charge in [0.15, 0.2) is 5.96 Å². The smallest absolute Gasteiger partial charge is 0.191 e. The van der Waals surface area contributed by atoms with Crippen LogP contribution < -0.4 is 10.6 Å². The van der Waals surface area contributed by atoms with E-state index in [1.165, 1.54) is 0 Å². The number of furan rings is 1. The predicted octanol–water partition coefficient (Wildman–Crippen LogP) is 2.72. The Labute approximate surface area is 157 Å². The highest BCUT2D eigenvalue weighted by Crippen LogP contribution is 2.18. The fraction of sp³-hybridized carbons (Fsp3) is 0.706. The van der Waals surface area contributed by atoms with Crippen molar-refractivity contribution in [1.29, 1.82) is 0 Å². The molecule has 1 aromatic rings. The van der Waals surface area contributed by atoms with E-state index < -0.39 is 0 Å². The van der Waals surface area contributed by atoms with Crippen LogP contribution in [0.3, 0.4) is 0 Å². The third-order valence-electron chi connectivity index (χ3n) is 4.25. The van der Waals surface area contributed by atoms with E-state index in [2.05, 4.69) is 48.2 Å². The van der Waals surface area contributed by atoms with Crippen LogP contribution in [0.1, 0.15) is 33.5 Å². The summed E-state index contributed by atoms with van der Waals surface area (Å²) in [7, 11) is 0. The zero-order valence-corrected chi connectivity index (χ0v) is 17.0. The minimum absolute atomic E-state index is 0. The number of halogens is 1. The second kappa shape index (κ2) is 10.2. The van der Waals surface area contributed by atoms with E-state index in [0.29, 0.717) is 18.0 Å². The molecule has 1 fully saturated rings. The highest BCUT2D eigenvalue weighted by atomic mass is 127. The maximum atomic E-state index is 5.35. The third-order valence-corrected chi connectivity index (χ3v) is 4.25. The molecule has 6 heteroatoms. The lowest BCUT2D eigenvalue weighted by molar-refractivity contribution is 0.265. The Morgan fingerprint density at radius 3 is 2.78 bits per heavy atom. The SMILES string of the molecule is CCNC(=NCCc1ccco1)NC1CN(C(C)C)CC1C.I. The lowest BCUT2D eigenvalue weighted by Gasteiger charge is -2.21. The van der Waals surface area contributed by atoms with Gasteiger partial charge in [-0.2, -0.15) is 0 Å². The molecule has 1 aromatic heterocycles. The Kier molecular flexibility index (Phi) is 8.98. The Morgan fingerprint density at radius 1 is 1.43 bits per heavy atom. The Bertz CT molecular complexity index is 461. The summed E-state index contributed by atoms with van der Waals surface area (Å²) in [6.07, 6.45) is 2.55. The second-order valence-electron chi connectivity index (χ2n) is 6.37. The Hall–Kier alpha value is -0.760. The molecule has 2 N–H and O–H groups in total. The second-order valence-corrected chi connectivity index (χ2v) is 6.37. The van der Waals surface area contributed by atoms with Gasteiger partial charge >= 0.3 is 0 Å². The van der Waals surface area contributed by atoms with Crippen LogP contribution in [0.4, 0.5) is 0 Å². The number of hydrogen-bond acceptors (Lipinski definition) is 3. The van der Waals surface area contributed by atoms with Crippen molar-refractivity contribution in [1.82, 2.24) is 15.5 Å². The minimum Gasteiger partial charge on any atom is -0.469 e. The van der Waals surface area contributed by atoms with Crippen molar-refractivity contribution in [2.45, 2.75) is 46.2 Å². The molecule has 0 bridgehead atoms. The molecule has 132 valence electrons. The molecule has 2 heterocycles. The largest absolute Gasteiger partial charge is 0.469 e. The number of rotatable bonds is 6. The van der Waals surface area contributed by atoms with Gasteiger partial charge < -0.3 is 15.1 Å². The van der Waals surface area contributed by atoms with Crippen LogP contribution in [0.5, 0.6) is 0 Å². The normalized spacial score (nSPS) is 22.2. The third kappa shape index (κ3) is 6.33. The molecule has 2 unspecified atom stereocenters. The molecule has 0 saturated carbocycles. The average molecular weight is 434 g/mol. The van der Waals surface area contributed by atoms with E-state index in [4.69, 9.17) is 4.42 Å². The number of aliphatic imine (C=N–C) groups is 1. The first-order valence-corrected chi connectivity index (χ1v) is 8.41. The molecule has 0 amide bonds. The number of guanidine groups is 1. The van der Waals surface area contributed by atoms with Gasteiger partial charge in [-0.25, -0.2) is 0 Å². The summed E-state index contributed by atoms with van der Waals surface area (Å²) in [6.45, 7) is 12.8. The lowest BCUT2D eigenvalue weighted by atomic mass is 10.1. The Morgan fingerprint density at radius 2 is 2.22 bits per heavy atom. The van der Waals surface area contributed by atoms with Crippen molar-refractivity contribution in [3.05, 3.63) is 24.2 Å². The molecule has 0 radical (unpaired) electrons. The first kappa shape index (κ1) is 20.3. The summed E-state index contributed by atoms with van der Waals surface area (Å²) in [4.78, 5) is 7.19. The minimum atomic E-state index is 0. The molecule has 2 rings (SSSR count). The highest BCUT2D eigenvalue weighted by molar-refractivity contribution is 14.0. The van der Waals surface area contributed by atoms with Gasteiger partial charge in [-0.3, -0.25) is 9.89 Å². The van der Waals surface area contributed by atoms with Gasteiger partial charge in [0.25, 0.3) is 0 Å². The quantitative estimate of drug-likeness (QED) is 0.411. The summed E-state index contributed by atoms with van der Waals surface area (Å²) in [5.41, 5.74) is 0. The fourth-order valence-electron chi connectivity index (χ4n) is 2.84. The molecule has 0 spiro atoms. The topological polar surface area (TPSA) is 52.8 Å². The average Bonchev–Trinajstić information content (AvgIpc) is 3.10. The van der Waals surface area contributed by atoms with Crippen molar-refractivity contribution in [2.24, 2.45) is 10.9 Å². The van der Waals surface area contributed by atoms with Gasteiger partial charge in [-0.05, 0) is 38.8 Å². The maximum absolute atomic E-state index is 5.35. The summed E-state index contributed by atoms with van der Waals surface area (Å²) in [6, 6.07) is 4.98. The molecular formula is C17H31IN4O. The summed E-state index contributed by atoms with van der Waals surface area (Å²) >= 11 is 0. The molecule has 1 aliphatic heterocycles. The van der Waals surface area contributed by atoms with Crippen LogP contribution in [0.2, 0.25) is 0 Å². The van der Waals surface area contributed by atoms with Crippen molar-refractivity contribution in [3.63, 3.8) is 0 Å². The fourth-order valence-corrected chi connectivity index (χ4v) is 2.84. The summed E-state index contributed by atoms with van der Waals surface area (Å²) in [5, 5.41) is 6.94. The zero-order chi connectivity index (χ0) is 15.9. The van der Waals surface area contributed by atoms with Crippen LogP contribution in [0.15, 0.2) is 27.8 Å². The van der Waals surface area contributed by atoms with Gasteiger partial charge in [0.05, 0.1) is 6.26 Å². The van der Waals surface area contributed by atoms with E-state index in [1.54, 1.807) is 6.26 Å². The van der Waals surface area contributed by atoms with Crippen molar-refractivity contribution in [3.8, 4) is 0 Å². The first-order valence-electron chi connectivity index (χ1n) is 8.41. The predicted molar refractivity (Wildman–Crippen MR) is 107 cm³/mol. The van der Waals surface area contributed by atoms with Crippen LogP contribution in [0, 0.1) is 5.92 Å². The Balaban J connectivity index is 0.00000264. The van der Waals surface area contributed by atoms with E-state index in [0.717, 1.165) is 44.3 Å². The first-order chi connectivity index (χ1) is 10.6. The number of hydrogen-bond donors (Lipinski definition) is 2. The molecular weight excluding hydrogens is 403 g/mol. The number of nitrogens with zero attached hydrogens (tertiary/aromatic N) is 2. The molecule has 0 aromatic carbocycles. The van der Waals surface area contributed by atoms with Crippen molar-refractivity contribution in [2.75, 3.05) is 26.2 Å². The number of likely N-dealkylation sites (tertiary alicyclic amines) is 1. The van der Waals surface area contributed by atoms with Gasteiger partial charge in [-0.1, -0.05) is 6.92 Å². The van der Waals surface area contributed by atoms with Gasteiger partial charge in [0, 0.05) is 44.7 Å². The standard InChI is InChI=1S/C17H30N4O.HI/c1-5-18-17(19-9-8-15-7-6-10-22-15)20-16-12-21(13(2)3)11-14(16)4;/h6-7,10,13-14,16H,5,8-9,11-12H2,1-4H3,(H2,18,19,20);1H. The monoisotopic (exact) mass is 434 g/mol. The van der Waals surface area contributed by atoms with Crippen LogP contribution in [0.25, 0.3) is 0 Å². The van der Waals surface area contributed by atoms with E-state index in [1.807, 2.05) is 12.1 Å². The number of nitrogens with one attached hydrogen (secondary N) is 2. The summed E-state index contributed by atoms with van der Waals surface area (Å²) < 4.78 is 5.35. The molecule has 5 nitrogen and oxygen atoms in total. The van der Waals surface area contributed by atoms with Crippen molar-refractivity contribution < 1.29 is 4.42 Å². The highest BCUT2D eigenvalue weighted by Gasteiger charge is 2.31. The van der Waals surface area contributed by atoms with E-state index in [-0.39, 0.29) is 24.0 Å². The van der Waals surface area contributed by atoms with E-state index >= 15 is 0 Å². The molecule has 23 heavy (non-hydrogen) atoms. The summed E-state index contributed by atoms with van der Waals surface area (Å²) in [5.74, 6) is 2.53. The lowest BCUT2D eigenvalue weighted by Crippen LogP contribution is -2.46. The zero-order valence-electron chi connectivity index (χ0n) is 14.7. The van der Waals surface area contributed by atoms with Crippen LogP contribution in [-0.4, -0.2) is 49.1 Å². The van der Waals surface area contributed by atoms with Crippen molar-refractivity contribution >= 4 is 29.9 Å². The van der Waals surface area contributed by atoms with Gasteiger partial charge in [0.1, 0.15) is 5.76 Å². The van der Waals surface area contributed by atoms with Crippen LogP contribution >= 0.6 is 24.0 Å². The van der Waals surface area contributed by atoms with E-state index in [9.17, 15) is 0 Å². The van der Waals surface area contributed by atoms with Crippen LogP contribution in [-0.2, 0) is 6.42 Å².